The maximum absolute atomic E-state index is 13.0. The zero-order chi connectivity index (χ0) is 21.5. The fourth-order valence-corrected chi connectivity index (χ4v) is 4.38. The Bertz CT molecular complexity index is 1240. The highest BCUT2D eigenvalue weighted by Crippen LogP contribution is 2.33. The fraction of sp³-hybridized carbons (Fsp3) is 0.400. The van der Waals surface area contributed by atoms with Gasteiger partial charge in [0.05, 0.1) is 11.9 Å². The zero-order valence-electron chi connectivity index (χ0n) is 16.7. The molecule has 0 radical (unpaired) electrons. The van der Waals surface area contributed by atoms with E-state index in [1.54, 1.807) is 11.6 Å². The van der Waals surface area contributed by atoms with E-state index in [0.29, 0.717) is 31.7 Å². The number of aryl methyl sites for hydroxylation is 2. The second-order valence-corrected chi connectivity index (χ2v) is 8.43. The Balaban J connectivity index is 1.69. The summed E-state index contributed by atoms with van der Waals surface area (Å²) in [4.78, 5) is 42.7. The van der Waals surface area contributed by atoms with E-state index in [1.807, 2.05) is 24.3 Å². The molecule has 158 valence electrons. The molecule has 30 heavy (non-hydrogen) atoms. The highest BCUT2D eigenvalue weighted by molar-refractivity contribution is 9.10. The van der Waals surface area contributed by atoms with Crippen LogP contribution in [0.1, 0.15) is 18.4 Å². The summed E-state index contributed by atoms with van der Waals surface area (Å²) in [6, 6.07) is 7.77. The number of nitrogens with one attached hydrogen (secondary N) is 1. The van der Waals surface area contributed by atoms with Crippen molar-refractivity contribution in [2.24, 2.45) is 14.1 Å². The SMILES string of the molecule is Cn1cnc2c1c(=O)n(CC(=O)NC1(c3cccc(Br)c3)CCOCC1)c(=O)n2C. The molecule has 1 fully saturated rings. The average Bonchev–Trinajstić information content (AvgIpc) is 3.12. The molecule has 0 aliphatic carbocycles. The molecule has 1 N–H and O–H groups in total. The number of fused-ring (bicyclic) bond motifs is 1. The van der Waals surface area contributed by atoms with Gasteiger partial charge in [0, 0.05) is 31.8 Å². The molecular formula is C20H22BrN5O4. The summed E-state index contributed by atoms with van der Waals surface area (Å²) in [5.74, 6) is -0.405. The molecule has 3 heterocycles. The summed E-state index contributed by atoms with van der Waals surface area (Å²) in [6.07, 6.45) is 2.67. The van der Waals surface area contributed by atoms with Gasteiger partial charge in [-0.05, 0) is 30.5 Å². The number of benzene rings is 1. The third-order valence-corrected chi connectivity index (χ3v) is 6.10. The first kappa shape index (κ1) is 20.5. The van der Waals surface area contributed by atoms with Gasteiger partial charge in [0.1, 0.15) is 6.54 Å². The Labute approximate surface area is 180 Å². The molecule has 0 atom stereocenters. The number of hydrogen-bond acceptors (Lipinski definition) is 5. The number of imidazole rings is 1. The standard InChI is InChI=1S/C20H22BrN5O4/c1-24-12-22-17-16(24)18(28)26(19(29)25(17)2)11-15(27)23-20(6-8-30-9-7-20)13-4-3-5-14(21)10-13/h3-5,10,12H,6-9,11H2,1-2H3,(H,23,27). The minimum atomic E-state index is -0.620. The van der Waals surface area contributed by atoms with Gasteiger partial charge in [0.25, 0.3) is 5.56 Å². The van der Waals surface area contributed by atoms with E-state index in [0.717, 1.165) is 14.6 Å². The molecule has 2 aromatic heterocycles. The Morgan fingerprint density at radius 1 is 1.27 bits per heavy atom. The normalized spacial score (nSPS) is 16.0. The van der Waals surface area contributed by atoms with Crippen LogP contribution in [-0.4, -0.2) is 37.8 Å². The molecule has 0 saturated carbocycles. The maximum Gasteiger partial charge on any atom is 0.332 e. The number of hydrogen-bond donors (Lipinski definition) is 1. The summed E-state index contributed by atoms with van der Waals surface area (Å²) in [6.45, 7) is 0.647. The molecule has 0 unspecified atom stereocenters. The van der Waals surface area contributed by atoms with Crippen LogP contribution in [0.5, 0.6) is 0 Å². The van der Waals surface area contributed by atoms with Gasteiger partial charge in [-0.2, -0.15) is 0 Å². The molecule has 0 bridgehead atoms. The number of aromatic nitrogens is 4. The maximum atomic E-state index is 13.0. The number of nitrogens with zero attached hydrogens (tertiary/aromatic N) is 4. The summed E-state index contributed by atoms with van der Waals surface area (Å²) in [7, 11) is 3.21. The summed E-state index contributed by atoms with van der Waals surface area (Å²) in [5.41, 5.74) is -0.214. The second-order valence-electron chi connectivity index (χ2n) is 7.51. The van der Waals surface area contributed by atoms with Crippen molar-refractivity contribution in [3.8, 4) is 0 Å². The van der Waals surface area contributed by atoms with Gasteiger partial charge in [0.15, 0.2) is 11.2 Å². The number of carbonyl (C=O) groups excluding carboxylic acids is 1. The molecular weight excluding hydrogens is 454 g/mol. The van der Waals surface area contributed by atoms with Crippen molar-refractivity contribution in [3.63, 3.8) is 0 Å². The van der Waals surface area contributed by atoms with Crippen LogP contribution in [0.3, 0.4) is 0 Å². The summed E-state index contributed by atoms with van der Waals surface area (Å²) >= 11 is 3.48. The van der Waals surface area contributed by atoms with E-state index in [1.165, 1.54) is 17.9 Å². The predicted octanol–water partition coefficient (Wildman–Crippen LogP) is 1.02. The van der Waals surface area contributed by atoms with E-state index in [2.05, 4.69) is 26.2 Å². The largest absolute Gasteiger partial charge is 0.381 e. The van der Waals surface area contributed by atoms with Gasteiger partial charge in [-0.1, -0.05) is 28.1 Å². The lowest BCUT2D eigenvalue weighted by Gasteiger charge is -2.38. The molecule has 4 rings (SSSR count). The van der Waals surface area contributed by atoms with Crippen molar-refractivity contribution in [2.45, 2.75) is 24.9 Å². The Morgan fingerprint density at radius 3 is 2.70 bits per heavy atom. The van der Waals surface area contributed by atoms with E-state index >= 15 is 0 Å². The van der Waals surface area contributed by atoms with E-state index in [9.17, 15) is 14.4 Å². The lowest BCUT2D eigenvalue weighted by molar-refractivity contribution is -0.125. The molecule has 1 saturated heterocycles. The topological polar surface area (TPSA) is 100 Å². The third-order valence-electron chi connectivity index (χ3n) is 5.60. The first-order chi connectivity index (χ1) is 14.3. The van der Waals surface area contributed by atoms with Crippen molar-refractivity contribution >= 4 is 33.0 Å². The van der Waals surface area contributed by atoms with Crippen LogP contribution in [0.2, 0.25) is 0 Å². The van der Waals surface area contributed by atoms with Crippen LogP contribution in [0.25, 0.3) is 11.2 Å². The van der Waals surface area contributed by atoms with Gasteiger partial charge >= 0.3 is 5.69 Å². The lowest BCUT2D eigenvalue weighted by Crippen LogP contribution is -2.52. The number of carbonyl (C=O) groups is 1. The number of amides is 1. The van der Waals surface area contributed by atoms with Gasteiger partial charge in [-0.3, -0.25) is 14.2 Å². The Morgan fingerprint density at radius 2 is 2.00 bits per heavy atom. The van der Waals surface area contributed by atoms with E-state index in [4.69, 9.17) is 4.74 Å². The van der Waals surface area contributed by atoms with Crippen molar-refractivity contribution in [1.82, 2.24) is 24.0 Å². The molecule has 1 amide bonds. The predicted molar refractivity (Wildman–Crippen MR) is 114 cm³/mol. The van der Waals surface area contributed by atoms with Crippen LogP contribution < -0.4 is 16.6 Å². The first-order valence-electron chi connectivity index (χ1n) is 9.58. The fourth-order valence-electron chi connectivity index (χ4n) is 3.98. The van der Waals surface area contributed by atoms with Crippen LogP contribution in [0, 0.1) is 0 Å². The smallest absolute Gasteiger partial charge is 0.332 e. The first-order valence-corrected chi connectivity index (χ1v) is 10.4. The molecule has 10 heteroatoms. The highest BCUT2D eigenvalue weighted by Gasteiger charge is 2.36. The van der Waals surface area contributed by atoms with Crippen molar-refractivity contribution in [3.05, 3.63) is 61.5 Å². The van der Waals surface area contributed by atoms with Gasteiger partial charge in [-0.25, -0.2) is 14.3 Å². The molecule has 3 aromatic rings. The summed E-state index contributed by atoms with van der Waals surface area (Å²) in [5, 5.41) is 3.08. The molecule has 1 aromatic carbocycles. The molecule has 1 aliphatic rings. The van der Waals surface area contributed by atoms with Crippen LogP contribution >= 0.6 is 15.9 Å². The minimum Gasteiger partial charge on any atom is -0.381 e. The number of halogens is 1. The number of ether oxygens (including phenoxy) is 1. The van der Waals surface area contributed by atoms with Crippen LogP contribution in [0.15, 0.2) is 44.7 Å². The van der Waals surface area contributed by atoms with Crippen LogP contribution in [-0.2, 0) is 35.7 Å². The third kappa shape index (κ3) is 3.50. The van der Waals surface area contributed by atoms with Crippen molar-refractivity contribution in [2.75, 3.05) is 13.2 Å². The quantitative estimate of drug-likeness (QED) is 0.606. The molecule has 9 nitrogen and oxygen atoms in total. The van der Waals surface area contributed by atoms with Gasteiger partial charge in [0.2, 0.25) is 5.91 Å². The number of rotatable bonds is 4. The van der Waals surface area contributed by atoms with Gasteiger partial charge in [-0.15, -0.1) is 0 Å². The highest BCUT2D eigenvalue weighted by atomic mass is 79.9. The summed E-state index contributed by atoms with van der Waals surface area (Å²) < 4.78 is 10.2. The lowest BCUT2D eigenvalue weighted by atomic mass is 9.82. The molecule has 0 spiro atoms. The monoisotopic (exact) mass is 475 g/mol. The minimum absolute atomic E-state index is 0.276. The van der Waals surface area contributed by atoms with Gasteiger partial charge < -0.3 is 14.6 Å². The Kier molecular flexibility index (Phi) is 5.37. The second kappa shape index (κ2) is 7.84. The zero-order valence-corrected chi connectivity index (χ0v) is 18.3. The molecule has 1 aliphatic heterocycles. The average molecular weight is 476 g/mol. The van der Waals surface area contributed by atoms with E-state index in [-0.39, 0.29) is 12.1 Å². The van der Waals surface area contributed by atoms with Crippen molar-refractivity contribution < 1.29 is 9.53 Å². The van der Waals surface area contributed by atoms with E-state index < -0.39 is 22.7 Å². The van der Waals surface area contributed by atoms with Crippen LogP contribution in [0.4, 0.5) is 0 Å². The Hall–Kier alpha value is -2.72. The van der Waals surface area contributed by atoms with Crippen molar-refractivity contribution in [1.29, 1.82) is 0 Å².